The fourth-order valence-corrected chi connectivity index (χ4v) is 3.41. The van der Waals surface area contributed by atoms with E-state index in [1.54, 1.807) is 29.2 Å². The van der Waals surface area contributed by atoms with Crippen molar-refractivity contribution in [3.05, 3.63) is 57.6 Å². The van der Waals surface area contributed by atoms with Gasteiger partial charge >= 0.3 is 0 Å². The van der Waals surface area contributed by atoms with Crippen LogP contribution in [0.2, 0.25) is 0 Å². The standard InChI is InChI=1S/C20H23N3O5/c1-5-12(2)22-19(21-15-9-7-6-8-13(15)20(22)24)14-10-17(27-3)18(28-4)11-16(14)23(25)26/h6-12,19,21H,5H2,1-4H3/t12-,19-/m0/s1. The number of nitrogens with zero attached hydrogens (tertiary/aromatic N) is 2. The number of hydrogen-bond donors (Lipinski definition) is 1. The SMILES string of the molecule is CC[C@H](C)N1C(=O)c2ccccc2N[C@@H]1c1cc(OC)c(OC)cc1[N+](=O)[O-]. The number of carbonyl (C=O) groups is 1. The molecule has 0 aliphatic carbocycles. The Balaban J connectivity index is 2.22. The van der Waals surface area contributed by atoms with Gasteiger partial charge in [0.2, 0.25) is 0 Å². The smallest absolute Gasteiger partial charge is 0.280 e. The van der Waals surface area contributed by atoms with E-state index >= 15 is 0 Å². The van der Waals surface area contributed by atoms with E-state index in [1.165, 1.54) is 20.3 Å². The minimum atomic E-state index is -0.711. The summed E-state index contributed by atoms with van der Waals surface area (Å²) in [7, 11) is 2.89. The lowest BCUT2D eigenvalue weighted by Gasteiger charge is -2.41. The molecule has 3 rings (SSSR count). The van der Waals surface area contributed by atoms with E-state index in [9.17, 15) is 14.9 Å². The lowest BCUT2D eigenvalue weighted by Crippen LogP contribution is -2.47. The molecule has 1 aliphatic heterocycles. The van der Waals surface area contributed by atoms with E-state index in [-0.39, 0.29) is 23.4 Å². The molecule has 0 unspecified atom stereocenters. The van der Waals surface area contributed by atoms with Crippen molar-refractivity contribution in [2.45, 2.75) is 32.5 Å². The third-order valence-electron chi connectivity index (χ3n) is 5.05. The van der Waals surface area contributed by atoms with Crippen LogP contribution >= 0.6 is 0 Å². The van der Waals surface area contributed by atoms with E-state index in [1.807, 2.05) is 19.9 Å². The number of methoxy groups -OCH3 is 2. The molecule has 0 saturated heterocycles. The average molecular weight is 385 g/mol. The van der Waals surface area contributed by atoms with Crippen molar-refractivity contribution in [1.82, 2.24) is 4.90 Å². The van der Waals surface area contributed by atoms with E-state index < -0.39 is 11.1 Å². The molecule has 2 atom stereocenters. The Hall–Kier alpha value is -3.29. The van der Waals surface area contributed by atoms with Gasteiger partial charge in [0.05, 0.1) is 36.3 Å². The van der Waals surface area contributed by atoms with E-state index in [0.717, 1.165) is 0 Å². The lowest BCUT2D eigenvalue weighted by atomic mass is 9.99. The Kier molecular flexibility index (Phi) is 5.39. The molecule has 148 valence electrons. The summed E-state index contributed by atoms with van der Waals surface area (Å²) in [5, 5.41) is 15.1. The predicted molar refractivity (Wildman–Crippen MR) is 105 cm³/mol. The van der Waals surface area contributed by atoms with Gasteiger partial charge in [-0.2, -0.15) is 0 Å². The van der Waals surface area contributed by atoms with Gasteiger partial charge in [0.25, 0.3) is 11.6 Å². The van der Waals surface area contributed by atoms with Crippen molar-refractivity contribution in [2.24, 2.45) is 0 Å². The Morgan fingerprint density at radius 1 is 1.21 bits per heavy atom. The zero-order valence-electron chi connectivity index (χ0n) is 16.3. The van der Waals surface area contributed by atoms with Crippen molar-refractivity contribution in [3.8, 4) is 11.5 Å². The monoisotopic (exact) mass is 385 g/mol. The Labute approximate surface area is 163 Å². The molecule has 0 bridgehead atoms. The van der Waals surface area contributed by atoms with Crippen molar-refractivity contribution < 1.29 is 19.2 Å². The summed E-state index contributed by atoms with van der Waals surface area (Å²) in [5.41, 5.74) is 1.38. The minimum Gasteiger partial charge on any atom is -0.493 e. The lowest BCUT2D eigenvalue weighted by molar-refractivity contribution is -0.386. The van der Waals surface area contributed by atoms with Gasteiger partial charge in [0, 0.05) is 11.7 Å². The maximum atomic E-state index is 13.2. The number of carbonyl (C=O) groups excluding carboxylic acids is 1. The number of hydrogen-bond acceptors (Lipinski definition) is 6. The molecule has 8 nitrogen and oxygen atoms in total. The highest BCUT2D eigenvalue weighted by atomic mass is 16.6. The Morgan fingerprint density at radius 2 is 1.86 bits per heavy atom. The summed E-state index contributed by atoms with van der Waals surface area (Å²) in [6, 6.07) is 9.91. The van der Waals surface area contributed by atoms with Crippen LogP contribution < -0.4 is 14.8 Å². The predicted octanol–water partition coefficient (Wildman–Crippen LogP) is 3.98. The van der Waals surface area contributed by atoms with Crippen LogP contribution in [0.1, 0.15) is 42.4 Å². The van der Waals surface area contributed by atoms with Gasteiger partial charge in [-0.15, -0.1) is 0 Å². The largest absolute Gasteiger partial charge is 0.493 e. The van der Waals surface area contributed by atoms with Gasteiger partial charge < -0.3 is 19.7 Å². The topological polar surface area (TPSA) is 93.9 Å². The molecule has 0 radical (unpaired) electrons. The van der Waals surface area contributed by atoms with Gasteiger partial charge in [-0.1, -0.05) is 19.1 Å². The molecule has 1 aliphatic rings. The van der Waals surface area contributed by atoms with Crippen LogP contribution in [-0.2, 0) is 0 Å². The van der Waals surface area contributed by atoms with Crippen LogP contribution in [0.4, 0.5) is 11.4 Å². The number of nitro benzene ring substituents is 1. The second-order valence-electron chi connectivity index (χ2n) is 6.59. The zero-order valence-corrected chi connectivity index (χ0v) is 16.3. The van der Waals surface area contributed by atoms with Crippen LogP contribution in [0.3, 0.4) is 0 Å². The number of ether oxygens (including phenoxy) is 2. The Bertz CT molecular complexity index is 915. The number of nitrogens with one attached hydrogen (secondary N) is 1. The van der Waals surface area contributed by atoms with E-state index in [2.05, 4.69) is 5.32 Å². The van der Waals surface area contributed by atoms with Crippen LogP contribution in [-0.4, -0.2) is 36.0 Å². The first-order chi connectivity index (χ1) is 13.4. The van der Waals surface area contributed by atoms with Crippen LogP contribution in [0.5, 0.6) is 11.5 Å². The number of nitro groups is 1. The van der Waals surface area contributed by atoms with Crippen molar-refractivity contribution >= 4 is 17.3 Å². The normalized spacial score (nSPS) is 16.8. The highest BCUT2D eigenvalue weighted by Crippen LogP contribution is 2.42. The third-order valence-corrected chi connectivity index (χ3v) is 5.05. The summed E-state index contributed by atoms with van der Waals surface area (Å²) in [4.78, 5) is 26.2. The summed E-state index contributed by atoms with van der Waals surface area (Å²) in [6.07, 6.45) is -0.00903. The maximum Gasteiger partial charge on any atom is 0.280 e. The molecule has 1 N–H and O–H groups in total. The van der Waals surface area contributed by atoms with Crippen LogP contribution in [0.15, 0.2) is 36.4 Å². The summed E-state index contributed by atoms with van der Waals surface area (Å²) in [5.74, 6) is 0.452. The van der Waals surface area contributed by atoms with Gasteiger partial charge in [-0.25, -0.2) is 0 Å². The molecule has 0 saturated carbocycles. The summed E-state index contributed by atoms with van der Waals surface area (Å²) in [6.45, 7) is 3.89. The fourth-order valence-electron chi connectivity index (χ4n) is 3.41. The van der Waals surface area contributed by atoms with Gasteiger partial charge in [0.15, 0.2) is 11.5 Å². The second-order valence-corrected chi connectivity index (χ2v) is 6.59. The summed E-state index contributed by atoms with van der Waals surface area (Å²) < 4.78 is 10.6. The van der Waals surface area contributed by atoms with Crippen LogP contribution in [0.25, 0.3) is 0 Å². The molecule has 8 heteroatoms. The molecule has 0 fully saturated rings. The number of amides is 1. The first-order valence-electron chi connectivity index (χ1n) is 9.01. The molecule has 2 aromatic carbocycles. The number of para-hydroxylation sites is 1. The molecule has 0 aromatic heterocycles. The van der Waals surface area contributed by atoms with Gasteiger partial charge in [0.1, 0.15) is 6.17 Å². The molecule has 1 amide bonds. The molecule has 28 heavy (non-hydrogen) atoms. The molecular formula is C20H23N3O5. The highest BCUT2D eigenvalue weighted by Gasteiger charge is 2.39. The highest BCUT2D eigenvalue weighted by molar-refractivity contribution is 6.02. The first kappa shape index (κ1) is 19.5. The van der Waals surface area contributed by atoms with E-state index in [4.69, 9.17) is 9.47 Å². The number of rotatable bonds is 6. The fraction of sp³-hybridized carbons (Fsp3) is 0.350. The molecular weight excluding hydrogens is 362 g/mol. The number of anilines is 1. The third kappa shape index (κ3) is 3.21. The van der Waals surface area contributed by atoms with Crippen molar-refractivity contribution in [3.63, 3.8) is 0 Å². The second kappa shape index (κ2) is 7.75. The number of fused-ring (bicyclic) bond motifs is 1. The first-order valence-corrected chi connectivity index (χ1v) is 9.01. The molecule has 1 heterocycles. The summed E-state index contributed by atoms with van der Waals surface area (Å²) >= 11 is 0. The zero-order chi connectivity index (χ0) is 20.4. The van der Waals surface area contributed by atoms with Crippen molar-refractivity contribution in [1.29, 1.82) is 0 Å². The van der Waals surface area contributed by atoms with Crippen molar-refractivity contribution in [2.75, 3.05) is 19.5 Å². The quantitative estimate of drug-likeness (QED) is 0.597. The van der Waals surface area contributed by atoms with Gasteiger partial charge in [-0.05, 0) is 31.5 Å². The Morgan fingerprint density at radius 3 is 2.46 bits per heavy atom. The maximum absolute atomic E-state index is 13.2. The minimum absolute atomic E-state index is 0.133. The van der Waals surface area contributed by atoms with Gasteiger partial charge in [-0.3, -0.25) is 14.9 Å². The molecule has 2 aromatic rings. The van der Waals surface area contributed by atoms with Crippen LogP contribution in [0, 0.1) is 10.1 Å². The van der Waals surface area contributed by atoms with E-state index in [0.29, 0.717) is 29.0 Å². The number of benzene rings is 2. The molecule has 0 spiro atoms. The average Bonchev–Trinajstić information content (AvgIpc) is 2.71.